The molecule has 0 aliphatic carbocycles. The molecular weight excluding hydrogens is 407 g/mol. The van der Waals surface area contributed by atoms with Gasteiger partial charge in [0.25, 0.3) is 0 Å². The lowest BCUT2D eigenvalue weighted by molar-refractivity contribution is -0.131. The predicted molar refractivity (Wildman–Crippen MR) is 120 cm³/mol. The number of halogens is 1. The number of fused-ring (bicyclic) bond motifs is 1. The smallest absolute Gasteiger partial charge is 0.227 e. The topological polar surface area (TPSA) is 74.0 Å². The molecule has 2 N–H and O–H groups in total. The van der Waals surface area contributed by atoms with Gasteiger partial charge in [-0.05, 0) is 42.7 Å². The van der Waals surface area contributed by atoms with Crippen molar-refractivity contribution in [1.82, 2.24) is 20.1 Å². The average Bonchev–Trinajstić information content (AvgIpc) is 3.55. The second-order valence-corrected chi connectivity index (χ2v) is 8.13. The van der Waals surface area contributed by atoms with E-state index in [1.54, 1.807) is 18.2 Å². The molecule has 1 aliphatic heterocycles. The molecule has 0 spiro atoms. The third-order valence-electron chi connectivity index (χ3n) is 6.05. The van der Waals surface area contributed by atoms with Crippen LogP contribution in [-0.4, -0.2) is 39.1 Å². The molecule has 1 saturated heterocycles. The van der Waals surface area contributed by atoms with Crippen molar-refractivity contribution in [3.8, 4) is 5.75 Å². The van der Waals surface area contributed by atoms with E-state index in [1.807, 2.05) is 41.4 Å². The summed E-state index contributed by atoms with van der Waals surface area (Å²) in [5, 5.41) is 8.60. The first-order chi connectivity index (χ1) is 15.7. The van der Waals surface area contributed by atoms with Crippen LogP contribution in [0.1, 0.15) is 35.8 Å². The SMILES string of the molecule is O=C(Cc1c[nH]c2ccccc12)N1CCCC1c1cc(CCOc2ccccc2F)[nH]n1. The van der Waals surface area contributed by atoms with Crippen molar-refractivity contribution < 1.29 is 13.9 Å². The van der Waals surface area contributed by atoms with Gasteiger partial charge in [0.15, 0.2) is 11.6 Å². The van der Waals surface area contributed by atoms with E-state index in [-0.39, 0.29) is 23.5 Å². The van der Waals surface area contributed by atoms with E-state index >= 15 is 0 Å². The standard InChI is InChI=1S/C25H25FN4O2/c26-20-7-2-4-10-24(20)32-13-11-18-15-22(29-28-18)23-9-5-12-30(23)25(31)14-17-16-27-21-8-3-1-6-19(17)21/h1-4,6-8,10,15-16,23,27H,5,9,11-14H2,(H,28,29). The zero-order valence-corrected chi connectivity index (χ0v) is 17.7. The first kappa shape index (κ1) is 20.3. The minimum Gasteiger partial charge on any atom is -0.490 e. The highest BCUT2D eigenvalue weighted by molar-refractivity contribution is 5.89. The molecule has 2 aromatic heterocycles. The zero-order valence-electron chi connectivity index (χ0n) is 17.7. The van der Waals surface area contributed by atoms with Gasteiger partial charge in [-0.3, -0.25) is 9.89 Å². The van der Waals surface area contributed by atoms with Gasteiger partial charge >= 0.3 is 0 Å². The second kappa shape index (κ2) is 8.86. The molecule has 1 fully saturated rings. The highest BCUT2D eigenvalue weighted by Gasteiger charge is 2.31. The van der Waals surface area contributed by atoms with E-state index < -0.39 is 0 Å². The van der Waals surface area contributed by atoms with Gasteiger partial charge < -0.3 is 14.6 Å². The molecule has 32 heavy (non-hydrogen) atoms. The first-order valence-electron chi connectivity index (χ1n) is 10.9. The number of hydrogen-bond donors (Lipinski definition) is 2. The van der Waals surface area contributed by atoms with E-state index in [0.717, 1.165) is 47.2 Å². The van der Waals surface area contributed by atoms with Gasteiger partial charge in [-0.25, -0.2) is 4.39 Å². The van der Waals surface area contributed by atoms with Crippen LogP contribution in [0.2, 0.25) is 0 Å². The number of amides is 1. The Kier molecular flexibility index (Phi) is 5.62. The minimum absolute atomic E-state index is 0.0230. The summed E-state index contributed by atoms with van der Waals surface area (Å²) in [4.78, 5) is 18.3. The monoisotopic (exact) mass is 432 g/mol. The number of rotatable bonds is 7. The van der Waals surface area contributed by atoms with Crippen LogP contribution >= 0.6 is 0 Å². The Balaban J connectivity index is 1.22. The van der Waals surface area contributed by atoms with Crippen molar-refractivity contribution in [2.45, 2.75) is 31.7 Å². The molecule has 0 radical (unpaired) electrons. The van der Waals surface area contributed by atoms with Gasteiger partial charge in [-0.1, -0.05) is 30.3 Å². The summed E-state index contributed by atoms with van der Waals surface area (Å²) in [5.41, 5.74) is 3.84. The number of likely N-dealkylation sites (tertiary alicyclic amines) is 1. The van der Waals surface area contributed by atoms with Gasteiger partial charge in [0.05, 0.1) is 24.8 Å². The molecule has 164 valence electrons. The molecule has 0 saturated carbocycles. The van der Waals surface area contributed by atoms with Crippen LogP contribution in [-0.2, 0) is 17.6 Å². The van der Waals surface area contributed by atoms with Gasteiger partial charge in [-0.2, -0.15) is 5.10 Å². The molecule has 3 heterocycles. The summed E-state index contributed by atoms with van der Waals surface area (Å²) in [6.45, 7) is 1.08. The third-order valence-corrected chi connectivity index (χ3v) is 6.05. The van der Waals surface area contributed by atoms with E-state index in [9.17, 15) is 9.18 Å². The first-order valence-corrected chi connectivity index (χ1v) is 10.9. The normalized spacial score (nSPS) is 16.0. The Morgan fingerprint density at radius 2 is 2.03 bits per heavy atom. The quantitative estimate of drug-likeness (QED) is 0.450. The van der Waals surface area contributed by atoms with Crippen LogP contribution in [0.25, 0.3) is 10.9 Å². The van der Waals surface area contributed by atoms with E-state index in [4.69, 9.17) is 4.74 Å². The molecule has 6 nitrogen and oxygen atoms in total. The molecule has 4 aromatic rings. The lowest BCUT2D eigenvalue weighted by Gasteiger charge is -2.23. The maximum atomic E-state index is 13.7. The van der Waals surface area contributed by atoms with Crippen LogP contribution in [0.3, 0.4) is 0 Å². The van der Waals surface area contributed by atoms with E-state index in [1.165, 1.54) is 6.07 Å². The number of aromatic nitrogens is 3. The molecule has 1 aliphatic rings. The van der Waals surface area contributed by atoms with Crippen molar-refractivity contribution in [2.24, 2.45) is 0 Å². The van der Waals surface area contributed by atoms with Gasteiger partial charge in [-0.15, -0.1) is 0 Å². The van der Waals surface area contributed by atoms with Crippen molar-refractivity contribution in [2.75, 3.05) is 13.2 Å². The molecule has 5 rings (SSSR count). The lowest BCUT2D eigenvalue weighted by atomic mass is 10.1. The second-order valence-electron chi connectivity index (χ2n) is 8.13. The molecule has 7 heteroatoms. The number of ether oxygens (including phenoxy) is 1. The number of nitrogens with one attached hydrogen (secondary N) is 2. The fraction of sp³-hybridized carbons (Fsp3) is 0.280. The van der Waals surface area contributed by atoms with Crippen molar-refractivity contribution in [3.63, 3.8) is 0 Å². The predicted octanol–water partition coefficient (Wildman–Crippen LogP) is 4.56. The number of carbonyl (C=O) groups excluding carboxylic acids is 1. The Bertz CT molecular complexity index is 1230. The van der Waals surface area contributed by atoms with Gasteiger partial charge in [0, 0.05) is 35.8 Å². The van der Waals surface area contributed by atoms with Gasteiger partial charge in [0.2, 0.25) is 5.91 Å². The lowest BCUT2D eigenvalue weighted by Crippen LogP contribution is -2.32. The van der Waals surface area contributed by atoms with Crippen LogP contribution in [0.5, 0.6) is 5.75 Å². The van der Waals surface area contributed by atoms with Crippen molar-refractivity contribution >= 4 is 16.8 Å². The fourth-order valence-electron chi connectivity index (χ4n) is 4.43. The van der Waals surface area contributed by atoms with E-state index in [2.05, 4.69) is 15.2 Å². The summed E-state index contributed by atoms with van der Waals surface area (Å²) in [5.74, 6) is -0.00474. The maximum absolute atomic E-state index is 13.7. The zero-order chi connectivity index (χ0) is 21.9. The molecule has 2 aromatic carbocycles. The van der Waals surface area contributed by atoms with Crippen molar-refractivity contribution in [3.05, 3.63) is 83.6 Å². The van der Waals surface area contributed by atoms with E-state index in [0.29, 0.717) is 19.4 Å². The Labute approximate surface area is 185 Å². The van der Waals surface area contributed by atoms with Crippen LogP contribution in [0, 0.1) is 5.82 Å². The molecule has 1 amide bonds. The third kappa shape index (κ3) is 4.10. The summed E-state index contributed by atoms with van der Waals surface area (Å²) < 4.78 is 19.2. The molecule has 1 unspecified atom stereocenters. The summed E-state index contributed by atoms with van der Waals surface area (Å²) >= 11 is 0. The largest absolute Gasteiger partial charge is 0.490 e. The summed E-state index contributed by atoms with van der Waals surface area (Å²) in [7, 11) is 0. The number of benzene rings is 2. The van der Waals surface area contributed by atoms with Crippen LogP contribution in [0.4, 0.5) is 4.39 Å². The highest BCUT2D eigenvalue weighted by atomic mass is 19.1. The summed E-state index contributed by atoms with van der Waals surface area (Å²) in [6.07, 6.45) is 4.74. The Morgan fingerprint density at radius 1 is 1.19 bits per heavy atom. The number of nitrogens with zero attached hydrogens (tertiary/aromatic N) is 2. The Morgan fingerprint density at radius 3 is 2.94 bits per heavy atom. The molecule has 0 bridgehead atoms. The number of aromatic amines is 2. The maximum Gasteiger partial charge on any atom is 0.227 e. The minimum atomic E-state index is -0.367. The number of hydrogen-bond acceptors (Lipinski definition) is 3. The number of carbonyl (C=O) groups is 1. The highest BCUT2D eigenvalue weighted by Crippen LogP contribution is 2.32. The Hall–Kier alpha value is -3.61. The average molecular weight is 432 g/mol. The number of H-pyrrole nitrogens is 2. The van der Waals surface area contributed by atoms with Crippen LogP contribution < -0.4 is 4.74 Å². The van der Waals surface area contributed by atoms with Gasteiger partial charge in [0.1, 0.15) is 0 Å². The summed E-state index contributed by atoms with van der Waals surface area (Å²) in [6, 6.07) is 16.4. The molecular formula is C25H25FN4O2. The molecule has 1 atom stereocenters. The van der Waals surface area contributed by atoms with Crippen molar-refractivity contribution in [1.29, 1.82) is 0 Å². The van der Waals surface area contributed by atoms with Crippen LogP contribution in [0.15, 0.2) is 60.8 Å². The number of para-hydroxylation sites is 2. The fourth-order valence-corrected chi connectivity index (χ4v) is 4.43.